The highest BCUT2D eigenvalue weighted by Gasteiger charge is 2.34. The molecule has 0 radical (unpaired) electrons. The summed E-state index contributed by atoms with van der Waals surface area (Å²) in [4.78, 5) is 30.4. The molecule has 0 aliphatic carbocycles. The van der Waals surface area contributed by atoms with Crippen LogP contribution in [0, 0.1) is 0 Å². The summed E-state index contributed by atoms with van der Waals surface area (Å²) in [5, 5.41) is 0.652. The summed E-state index contributed by atoms with van der Waals surface area (Å²) in [7, 11) is -3.49. The number of rotatable bonds is 6. The van der Waals surface area contributed by atoms with Crippen LogP contribution in [0.1, 0.15) is 40.0 Å². The second kappa shape index (κ2) is 8.25. The van der Waals surface area contributed by atoms with Crippen molar-refractivity contribution in [3.05, 3.63) is 53.7 Å². The summed E-state index contributed by atoms with van der Waals surface area (Å²) in [5.41, 5.74) is 0.876. The van der Waals surface area contributed by atoms with Crippen molar-refractivity contribution in [3.8, 4) is 0 Å². The Balaban J connectivity index is 1.36. The van der Waals surface area contributed by atoms with Gasteiger partial charge in [-0.05, 0) is 37.1 Å². The Bertz CT molecular complexity index is 997. The first-order valence-electron chi connectivity index (χ1n) is 9.53. The zero-order valence-electron chi connectivity index (χ0n) is 15.8. The summed E-state index contributed by atoms with van der Waals surface area (Å²) in [6.45, 7) is 1.38. The monoisotopic (exact) mass is 431 g/mol. The number of hydrogen-bond acceptors (Lipinski definition) is 6. The van der Waals surface area contributed by atoms with E-state index in [0.717, 1.165) is 19.3 Å². The lowest BCUT2D eigenvalue weighted by Gasteiger charge is -2.25. The fourth-order valence-corrected chi connectivity index (χ4v) is 5.78. The number of hydrogen-bond donors (Lipinski definition) is 0. The van der Waals surface area contributed by atoms with Gasteiger partial charge in [0.05, 0.1) is 16.2 Å². The molecule has 152 valence electrons. The number of nitrogens with zero attached hydrogens (tertiary/aromatic N) is 3. The second-order valence-electron chi connectivity index (χ2n) is 6.95. The van der Waals surface area contributed by atoms with E-state index in [9.17, 15) is 18.0 Å². The van der Waals surface area contributed by atoms with E-state index >= 15 is 0 Å². The number of sulfonamides is 1. The third-order valence-electron chi connectivity index (χ3n) is 5.11. The van der Waals surface area contributed by atoms with Gasteiger partial charge >= 0.3 is 0 Å². The smallest absolute Gasteiger partial charge is 0.261 e. The number of carbonyl (C=O) groups is 2. The maximum absolute atomic E-state index is 12.7. The van der Waals surface area contributed by atoms with Gasteiger partial charge in [-0.1, -0.05) is 18.6 Å². The average Bonchev–Trinajstić information content (AvgIpc) is 3.00. The first kappa shape index (κ1) is 20.1. The minimum absolute atomic E-state index is 0.198. The van der Waals surface area contributed by atoms with Gasteiger partial charge < -0.3 is 0 Å². The topological polar surface area (TPSA) is 87.7 Å². The van der Waals surface area contributed by atoms with Crippen molar-refractivity contribution in [2.75, 3.05) is 25.4 Å². The second-order valence-corrected chi connectivity index (χ2v) is 10.0. The number of carbonyl (C=O) groups excluding carboxylic acids is 2. The standard InChI is InChI=1S/C20H21N3O4S2/c24-19-16-6-2-3-7-17(16)20(25)23(19)12-13-28-18-9-8-15(14-21-18)29(26,27)22-10-4-1-5-11-22/h2-3,6-9,14H,1,4-5,10-13H2. The first-order valence-corrected chi connectivity index (χ1v) is 12.0. The molecule has 0 spiro atoms. The van der Waals surface area contributed by atoms with Crippen LogP contribution >= 0.6 is 11.8 Å². The Morgan fingerprint density at radius 2 is 1.59 bits per heavy atom. The molecule has 29 heavy (non-hydrogen) atoms. The van der Waals surface area contributed by atoms with E-state index in [1.165, 1.54) is 27.2 Å². The Labute approximate surface area is 174 Å². The lowest BCUT2D eigenvalue weighted by atomic mass is 10.1. The van der Waals surface area contributed by atoms with Crippen LogP contribution in [0.5, 0.6) is 0 Å². The average molecular weight is 432 g/mol. The number of fused-ring (bicyclic) bond motifs is 1. The third-order valence-corrected chi connectivity index (χ3v) is 7.91. The lowest BCUT2D eigenvalue weighted by molar-refractivity contribution is 0.0664. The van der Waals surface area contributed by atoms with Crippen molar-refractivity contribution < 1.29 is 18.0 Å². The van der Waals surface area contributed by atoms with Crippen LogP contribution in [0.15, 0.2) is 52.5 Å². The molecule has 7 nitrogen and oxygen atoms in total. The van der Waals surface area contributed by atoms with Gasteiger partial charge in [0, 0.05) is 31.6 Å². The fourth-order valence-electron chi connectivity index (χ4n) is 3.54. The van der Waals surface area contributed by atoms with Gasteiger partial charge in [-0.25, -0.2) is 13.4 Å². The molecule has 2 aliphatic heterocycles. The molecule has 1 aromatic carbocycles. The molecule has 0 atom stereocenters. The predicted octanol–water partition coefficient (Wildman–Crippen LogP) is 2.64. The van der Waals surface area contributed by atoms with Crippen LogP contribution in [0.2, 0.25) is 0 Å². The number of amides is 2. The Hall–Kier alpha value is -2.23. The van der Waals surface area contributed by atoms with Gasteiger partial charge in [0.1, 0.15) is 4.90 Å². The van der Waals surface area contributed by atoms with Crippen molar-refractivity contribution in [2.45, 2.75) is 29.2 Å². The van der Waals surface area contributed by atoms with Crippen LogP contribution in [0.25, 0.3) is 0 Å². The summed E-state index contributed by atoms with van der Waals surface area (Å²) >= 11 is 1.38. The molecule has 2 aliphatic rings. The molecule has 1 aromatic heterocycles. The van der Waals surface area contributed by atoms with Crippen LogP contribution in [-0.4, -0.2) is 59.8 Å². The molecular formula is C20H21N3O4S2. The van der Waals surface area contributed by atoms with Crippen LogP contribution in [0.4, 0.5) is 0 Å². The zero-order chi connectivity index (χ0) is 20.4. The Morgan fingerprint density at radius 1 is 0.931 bits per heavy atom. The summed E-state index contributed by atoms with van der Waals surface area (Å²) in [6.07, 6.45) is 4.22. The molecule has 1 saturated heterocycles. The summed E-state index contributed by atoms with van der Waals surface area (Å²) < 4.78 is 26.8. The fraction of sp³-hybridized carbons (Fsp3) is 0.350. The maximum Gasteiger partial charge on any atom is 0.261 e. The van der Waals surface area contributed by atoms with Crippen LogP contribution in [0.3, 0.4) is 0 Å². The van der Waals surface area contributed by atoms with Gasteiger partial charge in [-0.15, -0.1) is 11.8 Å². The van der Waals surface area contributed by atoms with Gasteiger partial charge in [-0.2, -0.15) is 4.31 Å². The minimum atomic E-state index is -3.49. The largest absolute Gasteiger partial charge is 0.273 e. The van der Waals surface area contributed by atoms with Crippen molar-refractivity contribution in [3.63, 3.8) is 0 Å². The molecule has 4 rings (SSSR count). The number of piperidine rings is 1. The molecule has 9 heteroatoms. The highest BCUT2D eigenvalue weighted by atomic mass is 32.2. The number of pyridine rings is 1. The number of benzene rings is 1. The van der Waals surface area contributed by atoms with Gasteiger partial charge in [0.25, 0.3) is 11.8 Å². The van der Waals surface area contributed by atoms with Crippen molar-refractivity contribution in [2.24, 2.45) is 0 Å². The highest BCUT2D eigenvalue weighted by Crippen LogP contribution is 2.25. The van der Waals surface area contributed by atoms with Crippen molar-refractivity contribution in [1.29, 1.82) is 0 Å². The van der Waals surface area contributed by atoms with E-state index in [4.69, 9.17) is 0 Å². The van der Waals surface area contributed by atoms with Crippen molar-refractivity contribution in [1.82, 2.24) is 14.2 Å². The van der Waals surface area contributed by atoms with Gasteiger partial charge in [-0.3, -0.25) is 14.5 Å². The molecule has 0 N–H and O–H groups in total. The molecule has 0 bridgehead atoms. The van der Waals surface area contributed by atoms with E-state index in [1.807, 2.05) is 0 Å². The Morgan fingerprint density at radius 3 is 2.17 bits per heavy atom. The molecular weight excluding hydrogens is 410 g/mol. The van der Waals surface area contributed by atoms with E-state index in [0.29, 0.717) is 35.0 Å². The Kier molecular flexibility index (Phi) is 5.71. The molecule has 3 heterocycles. The molecule has 0 saturated carbocycles. The normalized spacial score (nSPS) is 17.6. The molecule has 0 unspecified atom stereocenters. The minimum Gasteiger partial charge on any atom is -0.273 e. The molecule has 2 amide bonds. The van der Waals surface area contributed by atoms with Crippen molar-refractivity contribution >= 4 is 33.6 Å². The SMILES string of the molecule is O=C1c2ccccc2C(=O)N1CCSc1ccc(S(=O)(=O)N2CCCCC2)cn1. The molecule has 1 fully saturated rings. The van der Waals surface area contributed by atoms with Gasteiger partial charge in [0.2, 0.25) is 10.0 Å². The van der Waals surface area contributed by atoms with E-state index in [-0.39, 0.29) is 23.3 Å². The first-order chi connectivity index (χ1) is 14.0. The van der Waals surface area contributed by atoms with E-state index in [1.54, 1.807) is 36.4 Å². The van der Waals surface area contributed by atoms with Gasteiger partial charge in [0.15, 0.2) is 0 Å². The van der Waals surface area contributed by atoms with Crippen LogP contribution < -0.4 is 0 Å². The summed E-state index contributed by atoms with van der Waals surface area (Å²) in [5.74, 6) is -0.0688. The predicted molar refractivity (Wildman–Crippen MR) is 109 cm³/mol. The highest BCUT2D eigenvalue weighted by molar-refractivity contribution is 7.99. The van der Waals surface area contributed by atoms with Crippen LogP contribution in [-0.2, 0) is 10.0 Å². The quantitative estimate of drug-likeness (QED) is 0.516. The van der Waals surface area contributed by atoms with E-state index < -0.39 is 10.0 Å². The number of thioether (sulfide) groups is 1. The zero-order valence-corrected chi connectivity index (χ0v) is 17.4. The number of imide groups is 1. The van der Waals surface area contributed by atoms with E-state index in [2.05, 4.69) is 4.98 Å². The maximum atomic E-state index is 12.7. The lowest BCUT2D eigenvalue weighted by Crippen LogP contribution is -2.35. The molecule has 2 aromatic rings. The summed E-state index contributed by atoms with van der Waals surface area (Å²) in [6, 6.07) is 10.0. The number of aromatic nitrogens is 1. The third kappa shape index (κ3) is 3.94.